The number of carbonyl (C=O) groups is 1. The van der Waals surface area contributed by atoms with Crippen LogP contribution in [0.25, 0.3) is 11.3 Å². The van der Waals surface area contributed by atoms with Gasteiger partial charge in [0.15, 0.2) is 0 Å². The number of H-pyrrole nitrogens is 1. The van der Waals surface area contributed by atoms with Crippen molar-refractivity contribution in [2.24, 2.45) is 0 Å². The summed E-state index contributed by atoms with van der Waals surface area (Å²) in [6, 6.07) is 8.45. The highest BCUT2D eigenvalue weighted by Gasteiger charge is 2.32. The van der Waals surface area contributed by atoms with Crippen molar-refractivity contribution < 1.29 is 4.79 Å². The maximum absolute atomic E-state index is 12.7. The molecule has 1 aliphatic heterocycles. The van der Waals surface area contributed by atoms with Gasteiger partial charge in [0.05, 0.1) is 23.2 Å². The van der Waals surface area contributed by atoms with Crippen molar-refractivity contribution in [2.75, 3.05) is 12.8 Å². The Morgan fingerprint density at radius 2 is 2.25 bits per heavy atom. The van der Waals surface area contributed by atoms with Crippen molar-refractivity contribution in [3.05, 3.63) is 41.9 Å². The lowest BCUT2D eigenvalue weighted by Crippen LogP contribution is -2.42. The number of rotatable bonds is 4. The molecule has 1 aromatic heterocycles. The molecule has 1 amide bonds. The van der Waals surface area contributed by atoms with Crippen molar-refractivity contribution in [1.82, 2.24) is 14.9 Å². The molecule has 0 radical (unpaired) electrons. The zero-order valence-electron chi connectivity index (χ0n) is 14.6. The molecule has 0 aliphatic carbocycles. The van der Waals surface area contributed by atoms with Gasteiger partial charge in [-0.05, 0) is 51.0 Å². The Hall–Kier alpha value is -1.75. The van der Waals surface area contributed by atoms with Gasteiger partial charge >= 0.3 is 0 Å². The molecule has 4 nitrogen and oxygen atoms in total. The van der Waals surface area contributed by atoms with Crippen LogP contribution in [0.4, 0.5) is 0 Å². The third-order valence-corrected chi connectivity index (χ3v) is 5.64. The minimum atomic E-state index is -0.00296. The molecule has 3 rings (SSSR count). The Morgan fingerprint density at radius 1 is 1.42 bits per heavy atom. The standard InChI is InChI=1S/C19H25N3OS/c1-13-7-6-8-15(11-13)16-12-20-18(21-16)17-9-4-5-10-22(17)19(23)14(2)24-3/h6-8,11-12,14,17H,4-5,9-10H2,1-3H3,(H,20,21). The third-order valence-electron chi connectivity index (χ3n) is 4.73. The van der Waals surface area contributed by atoms with Crippen molar-refractivity contribution in [3.63, 3.8) is 0 Å². The molecule has 5 heteroatoms. The van der Waals surface area contributed by atoms with Gasteiger partial charge in [0.25, 0.3) is 0 Å². The minimum absolute atomic E-state index is 0.00296. The van der Waals surface area contributed by atoms with Crippen LogP contribution in [0, 0.1) is 6.92 Å². The Morgan fingerprint density at radius 3 is 3.00 bits per heavy atom. The number of hydrogen-bond acceptors (Lipinski definition) is 3. The normalized spacial score (nSPS) is 19.3. The summed E-state index contributed by atoms with van der Waals surface area (Å²) in [7, 11) is 0. The molecule has 2 unspecified atom stereocenters. The van der Waals surface area contributed by atoms with E-state index >= 15 is 0 Å². The Labute approximate surface area is 148 Å². The molecule has 1 aromatic carbocycles. The number of nitrogens with one attached hydrogen (secondary N) is 1. The van der Waals surface area contributed by atoms with Crippen molar-refractivity contribution in [3.8, 4) is 11.3 Å². The molecule has 2 aromatic rings. The molecule has 1 saturated heterocycles. The molecule has 2 heterocycles. The highest BCUT2D eigenvalue weighted by molar-refractivity contribution is 7.99. The summed E-state index contributed by atoms with van der Waals surface area (Å²) in [4.78, 5) is 22.8. The molecule has 1 N–H and O–H groups in total. The number of likely N-dealkylation sites (tertiary alicyclic amines) is 1. The fourth-order valence-electron chi connectivity index (χ4n) is 3.28. The van der Waals surface area contributed by atoms with Crippen LogP contribution in [0.3, 0.4) is 0 Å². The Balaban J connectivity index is 1.85. The van der Waals surface area contributed by atoms with Crippen LogP contribution in [0.1, 0.15) is 43.6 Å². The summed E-state index contributed by atoms with van der Waals surface area (Å²) in [5.41, 5.74) is 3.39. The molecule has 128 valence electrons. The molecule has 2 atom stereocenters. The monoisotopic (exact) mass is 343 g/mol. The van der Waals surface area contributed by atoms with Crippen LogP contribution in [0.2, 0.25) is 0 Å². The quantitative estimate of drug-likeness (QED) is 0.905. The first-order valence-electron chi connectivity index (χ1n) is 8.55. The fraction of sp³-hybridized carbons (Fsp3) is 0.474. The number of nitrogens with zero attached hydrogens (tertiary/aromatic N) is 2. The molecule has 24 heavy (non-hydrogen) atoms. The zero-order valence-corrected chi connectivity index (χ0v) is 15.4. The van der Waals surface area contributed by atoms with Gasteiger partial charge < -0.3 is 9.88 Å². The number of carbonyl (C=O) groups excluding carboxylic acids is 1. The van der Waals surface area contributed by atoms with Crippen LogP contribution in [0.5, 0.6) is 0 Å². The number of aromatic nitrogens is 2. The molecular weight excluding hydrogens is 318 g/mol. The Kier molecular flexibility index (Phi) is 5.29. The fourth-order valence-corrected chi connectivity index (χ4v) is 3.62. The van der Waals surface area contributed by atoms with Gasteiger partial charge in [-0.15, -0.1) is 0 Å². The summed E-state index contributed by atoms with van der Waals surface area (Å²) in [5.74, 6) is 1.13. The van der Waals surface area contributed by atoms with Gasteiger partial charge in [0, 0.05) is 6.54 Å². The second-order valence-electron chi connectivity index (χ2n) is 6.47. The lowest BCUT2D eigenvalue weighted by Gasteiger charge is -2.36. The average molecular weight is 343 g/mol. The summed E-state index contributed by atoms with van der Waals surface area (Å²) in [6.07, 6.45) is 7.08. The molecule has 0 bridgehead atoms. The number of amides is 1. The van der Waals surface area contributed by atoms with Gasteiger partial charge in [0.2, 0.25) is 5.91 Å². The van der Waals surface area contributed by atoms with Crippen molar-refractivity contribution in [1.29, 1.82) is 0 Å². The van der Waals surface area contributed by atoms with E-state index in [9.17, 15) is 4.79 Å². The van der Waals surface area contributed by atoms with Crippen LogP contribution >= 0.6 is 11.8 Å². The van der Waals surface area contributed by atoms with Crippen LogP contribution in [-0.2, 0) is 4.79 Å². The van der Waals surface area contributed by atoms with Gasteiger partial charge in [-0.1, -0.05) is 23.8 Å². The van der Waals surface area contributed by atoms with Gasteiger partial charge in [0.1, 0.15) is 5.82 Å². The predicted molar refractivity (Wildman–Crippen MR) is 100 cm³/mol. The van der Waals surface area contributed by atoms with Crippen molar-refractivity contribution >= 4 is 17.7 Å². The van der Waals surface area contributed by atoms with E-state index in [1.807, 2.05) is 24.3 Å². The second kappa shape index (κ2) is 7.43. The number of aromatic amines is 1. The lowest BCUT2D eigenvalue weighted by atomic mass is 10.0. The topological polar surface area (TPSA) is 49.0 Å². The highest BCUT2D eigenvalue weighted by Crippen LogP contribution is 2.32. The van der Waals surface area contributed by atoms with E-state index in [1.54, 1.807) is 11.8 Å². The molecule has 0 spiro atoms. The van der Waals surface area contributed by atoms with E-state index in [-0.39, 0.29) is 17.2 Å². The second-order valence-corrected chi connectivity index (χ2v) is 7.65. The van der Waals surface area contributed by atoms with E-state index in [0.29, 0.717) is 0 Å². The van der Waals surface area contributed by atoms with E-state index in [2.05, 4.69) is 41.2 Å². The summed E-state index contributed by atoms with van der Waals surface area (Å²) < 4.78 is 0. The largest absolute Gasteiger partial charge is 0.340 e. The van der Waals surface area contributed by atoms with Crippen LogP contribution in [0.15, 0.2) is 30.5 Å². The summed E-state index contributed by atoms with van der Waals surface area (Å²) >= 11 is 1.61. The SMILES string of the molecule is CSC(C)C(=O)N1CCCCC1c1ncc(-c2cccc(C)c2)[nH]1. The molecular formula is C19H25N3OS. The number of hydrogen-bond donors (Lipinski definition) is 1. The summed E-state index contributed by atoms with van der Waals surface area (Å²) in [5, 5.41) is -0.00296. The summed E-state index contributed by atoms with van der Waals surface area (Å²) in [6.45, 7) is 4.90. The third kappa shape index (κ3) is 3.51. The van der Waals surface area contributed by atoms with Gasteiger partial charge in [-0.3, -0.25) is 4.79 Å². The smallest absolute Gasteiger partial charge is 0.236 e. The number of piperidine rings is 1. The predicted octanol–water partition coefficient (Wildman–Crippen LogP) is 4.19. The molecule has 0 saturated carbocycles. The lowest BCUT2D eigenvalue weighted by molar-refractivity contribution is -0.134. The van der Waals surface area contributed by atoms with Crippen molar-refractivity contribution in [2.45, 2.75) is 44.4 Å². The highest BCUT2D eigenvalue weighted by atomic mass is 32.2. The average Bonchev–Trinajstić information content (AvgIpc) is 3.10. The number of imidazole rings is 1. The number of thioether (sulfide) groups is 1. The number of benzene rings is 1. The maximum atomic E-state index is 12.7. The van der Waals surface area contributed by atoms with E-state index in [0.717, 1.165) is 42.9 Å². The Bertz CT molecular complexity index is 712. The van der Waals surface area contributed by atoms with Crippen LogP contribution in [-0.4, -0.2) is 38.8 Å². The molecule has 1 aliphatic rings. The first kappa shape index (κ1) is 17.1. The van der Waals surface area contributed by atoms with Gasteiger partial charge in [-0.25, -0.2) is 4.98 Å². The molecule has 1 fully saturated rings. The minimum Gasteiger partial charge on any atom is -0.340 e. The zero-order chi connectivity index (χ0) is 17.1. The van der Waals surface area contributed by atoms with Crippen LogP contribution < -0.4 is 0 Å². The first-order valence-corrected chi connectivity index (χ1v) is 9.84. The van der Waals surface area contributed by atoms with Gasteiger partial charge in [-0.2, -0.15) is 11.8 Å². The van der Waals surface area contributed by atoms with E-state index in [1.165, 1.54) is 5.56 Å². The first-order chi connectivity index (χ1) is 11.6. The van der Waals surface area contributed by atoms with E-state index < -0.39 is 0 Å². The maximum Gasteiger partial charge on any atom is 0.236 e. The number of aryl methyl sites for hydroxylation is 1. The van der Waals surface area contributed by atoms with E-state index in [4.69, 9.17) is 0 Å².